The van der Waals surface area contributed by atoms with Crippen molar-refractivity contribution in [2.24, 2.45) is 0 Å². The Balaban J connectivity index is 1.75. The molecule has 1 amide bonds. The topological polar surface area (TPSA) is 70.9 Å². The standard InChI is InChI=1S/C20H32FN3O3S/c1-3-4-5-6-7-17(2)22-20(25)16-23-12-14-24(15-13-23)28(26,27)19-10-8-18(21)9-11-19/h8-11,17H,3-7,12-16H2,1-2H3,(H,22,25)/p+1/t17-/m0/s1. The molecule has 1 saturated heterocycles. The van der Waals surface area contributed by atoms with Crippen molar-refractivity contribution in [3.8, 4) is 0 Å². The third-order valence-electron chi connectivity index (χ3n) is 5.19. The molecule has 0 spiro atoms. The number of amides is 1. The number of carbonyl (C=O) groups is 1. The largest absolute Gasteiger partial charge is 0.349 e. The number of quaternary nitrogens is 1. The summed E-state index contributed by atoms with van der Waals surface area (Å²) in [6, 6.07) is 5.06. The molecule has 158 valence electrons. The van der Waals surface area contributed by atoms with E-state index >= 15 is 0 Å². The summed E-state index contributed by atoms with van der Waals surface area (Å²) in [6.07, 6.45) is 5.75. The van der Waals surface area contributed by atoms with E-state index in [0.717, 1.165) is 29.9 Å². The first kappa shape index (κ1) is 22.8. The van der Waals surface area contributed by atoms with Crippen molar-refractivity contribution in [3.63, 3.8) is 0 Å². The van der Waals surface area contributed by atoms with E-state index in [1.54, 1.807) is 0 Å². The summed E-state index contributed by atoms with van der Waals surface area (Å²) in [4.78, 5) is 13.4. The summed E-state index contributed by atoms with van der Waals surface area (Å²) in [5, 5.41) is 3.05. The van der Waals surface area contributed by atoms with E-state index in [-0.39, 0.29) is 16.8 Å². The van der Waals surface area contributed by atoms with Gasteiger partial charge in [-0.2, -0.15) is 4.31 Å². The van der Waals surface area contributed by atoms with Crippen LogP contribution >= 0.6 is 0 Å². The molecule has 1 aromatic carbocycles. The van der Waals surface area contributed by atoms with Gasteiger partial charge in [-0.25, -0.2) is 12.8 Å². The average Bonchev–Trinajstić information content (AvgIpc) is 2.66. The number of piperazine rings is 1. The summed E-state index contributed by atoms with van der Waals surface area (Å²) < 4.78 is 39.7. The van der Waals surface area contributed by atoms with Crippen molar-refractivity contribution in [1.82, 2.24) is 9.62 Å². The van der Waals surface area contributed by atoms with Gasteiger partial charge in [0.15, 0.2) is 6.54 Å². The van der Waals surface area contributed by atoms with Crippen molar-refractivity contribution in [2.45, 2.75) is 56.9 Å². The van der Waals surface area contributed by atoms with Crippen LogP contribution in [0.25, 0.3) is 0 Å². The Morgan fingerprint density at radius 1 is 1.18 bits per heavy atom. The summed E-state index contributed by atoms with van der Waals surface area (Å²) in [5.41, 5.74) is 0. The molecule has 0 bridgehead atoms. The van der Waals surface area contributed by atoms with Gasteiger partial charge < -0.3 is 10.2 Å². The summed E-state index contributed by atoms with van der Waals surface area (Å²) in [6.45, 7) is 6.45. The van der Waals surface area contributed by atoms with Crippen LogP contribution in [-0.2, 0) is 14.8 Å². The van der Waals surface area contributed by atoms with Gasteiger partial charge in [-0.3, -0.25) is 4.79 Å². The molecular formula is C20H33FN3O3S+. The van der Waals surface area contributed by atoms with Gasteiger partial charge in [-0.15, -0.1) is 0 Å². The highest BCUT2D eigenvalue weighted by Gasteiger charge is 2.31. The molecule has 1 aliphatic rings. The van der Waals surface area contributed by atoms with E-state index in [4.69, 9.17) is 0 Å². The number of rotatable bonds is 10. The zero-order chi connectivity index (χ0) is 20.6. The molecule has 0 saturated carbocycles. The van der Waals surface area contributed by atoms with Crippen LogP contribution in [0.5, 0.6) is 0 Å². The molecule has 0 aromatic heterocycles. The lowest BCUT2D eigenvalue weighted by molar-refractivity contribution is -0.895. The molecule has 1 fully saturated rings. The van der Waals surface area contributed by atoms with Gasteiger partial charge in [0.1, 0.15) is 5.82 Å². The number of benzene rings is 1. The third kappa shape index (κ3) is 6.83. The Morgan fingerprint density at radius 3 is 2.43 bits per heavy atom. The number of carbonyl (C=O) groups excluding carboxylic acids is 1. The monoisotopic (exact) mass is 414 g/mol. The van der Waals surface area contributed by atoms with Crippen molar-refractivity contribution in [2.75, 3.05) is 32.7 Å². The molecule has 1 aliphatic heterocycles. The van der Waals surface area contributed by atoms with Crippen LogP contribution in [0, 0.1) is 5.82 Å². The van der Waals surface area contributed by atoms with E-state index < -0.39 is 15.8 Å². The average molecular weight is 415 g/mol. The Bertz CT molecular complexity index is 717. The summed E-state index contributed by atoms with van der Waals surface area (Å²) in [5.74, 6) is -0.438. The number of hydrogen-bond acceptors (Lipinski definition) is 3. The van der Waals surface area contributed by atoms with Gasteiger partial charge in [-0.1, -0.05) is 32.6 Å². The second-order valence-corrected chi connectivity index (χ2v) is 9.54. The highest BCUT2D eigenvalue weighted by molar-refractivity contribution is 7.89. The summed E-state index contributed by atoms with van der Waals surface area (Å²) in [7, 11) is -3.61. The highest BCUT2D eigenvalue weighted by atomic mass is 32.2. The molecule has 2 rings (SSSR count). The van der Waals surface area contributed by atoms with Gasteiger partial charge in [0.2, 0.25) is 10.0 Å². The van der Waals surface area contributed by atoms with E-state index in [1.165, 1.54) is 35.7 Å². The minimum atomic E-state index is -3.61. The fourth-order valence-electron chi connectivity index (χ4n) is 3.48. The molecule has 0 unspecified atom stereocenters. The maximum absolute atomic E-state index is 13.0. The lowest BCUT2D eigenvalue weighted by atomic mass is 10.1. The lowest BCUT2D eigenvalue weighted by Gasteiger charge is -2.31. The van der Waals surface area contributed by atoms with E-state index in [0.29, 0.717) is 32.7 Å². The maximum atomic E-state index is 13.0. The minimum absolute atomic E-state index is 0.0211. The Kier molecular flexibility index (Phi) is 8.85. The van der Waals surface area contributed by atoms with Gasteiger partial charge in [0.05, 0.1) is 31.1 Å². The van der Waals surface area contributed by atoms with Crippen LogP contribution in [0.3, 0.4) is 0 Å². The second-order valence-electron chi connectivity index (χ2n) is 7.60. The van der Waals surface area contributed by atoms with Crippen LogP contribution < -0.4 is 10.2 Å². The number of unbranched alkanes of at least 4 members (excludes halogenated alkanes) is 3. The first-order valence-corrected chi connectivity index (χ1v) is 11.7. The van der Waals surface area contributed by atoms with Crippen molar-refractivity contribution >= 4 is 15.9 Å². The van der Waals surface area contributed by atoms with Crippen molar-refractivity contribution in [3.05, 3.63) is 30.1 Å². The number of halogens is 1. The summed E-state index contributed by atoms with van der Waals surface area (Å²) >= 11 is 0. The SMILES string of the molecule is CCCCCC[C@H](C)NC(=O)C[NH+]1CCN(S(=O)(=O)c2ccc(F)cc2)CC1. The molecular weight excluding hydrogens is 381 g/mol. The van der Waals surface area contributed by atoms with Crippen LogP contribution in [0.1, 0.15) is 46.0 Å². The normalized spacial score (nSPS) is 17.4. The molecule has 1 atom stereocenters. The van der Waals surface area contributed by atoms with E-state index in [2.05, 4.69) is 12.2 Å². The smallest absolute Gasteiger partial charge is 0.275 e. The maximum Gasteiger partial charge on any atom is 0.275 e. The molecule has 28 heavy (non-hydrogen) atoms. The highest BCUT2D eigenvalue weighted by Crippen LogP contribution is 2.16. The molecule has 0 radical (unpaired) electrons. The van der Waals surface area contributed by atoms with Gasteiger partial charge in [0.25, 0.3) is 5.91 Å². The van der Waals surface area contributed by atoms with Crippen molar-refractivity contribution in [1.29, 1.82) is 0 Å². The molecule has 1 aromatic rings. The molecule has 2 N–H and O–H groups in total. The molecule has 0 aliphatic carbocycles. The molecule has 8 heteroatoms. The first-order valence-electron chi connectivity index (χ1n) is 10.2. The van der Waals surface area contributed by atoms with Crippen LogP contribution in [0.4, 0.5) is 4.39 Å². The Morgan fingerprint density at radius 2 is 1.82 bits per heavy atom. The van der Waals surface area contributed by atoms with Crippen LogP contribution in [-0.4, -0.2) is 57.4 Å². The van der Waals surface area contributed by atoms with E-state index in [1.807, 2.05) is 6.92 Å². The number of hydrogen-bond donors (Lipinski definition) is 2. The quantitative estimate of drug-likeness (QED) is 0.565. The Hall–Kier alpha value is -1.51. The fourth-order valence-corrected chi connectivity index (χ4v) is 4.92. The second kappa shape index (κ2) is 10.9. The van der Waals surface area contributed by atoms with E-state index in [9.17, 15) is 17.6 Å². The number of nitrogens with one attached hydrogen (secondary N) is 2. The lowest BCUT2D eigenvalue weighted by Crippen LogP contribution is -3.15. The van der Waals surface area contributed by atoms with Crippen molar-refractivity contribution < 1.29 is 22.5 Å². The first-order chi connectivity index (χ1) is 13.3. The van der Waals surface area contributed by atoms with Gasteiger partial charge >= 0.3 is 0 Å². The predicted molar refractivity (Wildman–Crippen MR) is 107 cm³/mol. The number of nitrogens with zero attached hydrogens (tertiary/aromatic N) is 1. The zero-order valence-corrected chi connectivity index (χ0v) is 17.7. The third-order valence-corrected chi connectivity index (χ3v) is 7.10. The van der Waals surface area contributed by atoms with Gasteiger partial charge in [0, 0.05) is 6.04 Å². The zero-order valence-electron chi connectivity index (χ0n) is 16.9. The van der Waals surface area contributed by atoms with Crippen LogP contribution in [0.2, 0.25) is 0 Å². The number of sulfonamides is 1. The molecule has 6 nitrogen and oxygen atoms in total. The van der Waals surface area contributed by atoms with Crippen LogP contribution in [0.15, 0.2) is 29.2 Å². The minimum Gasteiger partial charge on any atom is -0.349 e. The molecule has 1 heterocycles. The predicted octanol–water partition coefficient (Wildman–Crippen LogP) is 1.19. The Labute approximate surface area is 168 Å². The van der Waals surface area contributed by atoms with Gasteiger partial charge in [-0.05, 0) is 37.6 Å². The fraction of sp³-hybridized carbons (Fsp3) is 0.650.